The SMILES string of the molecule is CCN(C)S(=O)(=O)N1CC[C@@]2(O)CCN(c3cnccn3)C[C@H]2C1. The molecular weight excluding hydrogens is 330 g/mol. The fraction of sp³-hybridized carbons (Fsp3) is 0.733. The molecule has 2 atom stereocenters. The van der Waals surface area contributed by atoms with Gasteiger partial charge in [0.25, 0.3) is 10.2 Å². The molecule has 1 N–H and O–H groups in total. The highest BCUT2D eigenvalue weighted by Gasteiger charge is 2.47. The lowest BCUT2D eigenvalue weighted by Gasteiger charge is -2.50. The maximum absolute atomic E-state index is 12.6. The summed E-state index contributed by atoms with van der Waals surface area (Å²) < 4.78 is 28.0. The number of nitrogens with zero attached hydrogens (tertiary/aromatic N) is 5. The third kappa shape index (κ3) is 3.13. The van der Waals surface area contributed by atoms with Crippen molar-refractivity contribution >= 4 is 16.0 Å². The molecule has 1 aromatic heterocycles. The van der Waals surface area contributed by atoms with Gasteiger partial charge < -0.3 is 10.0 Å². The molecule has 0 amide bonds. The Morgan fingerprint density at radius 3 is 2.75 bits per heavy atom. The number of rotatable bonds is 4. The van der Waals surface area contributed by atoms with Gasteiger partial charge in [-0.05, 0) is 12.8 Å². The molecule has 0 aromatic carbocycles. The topological polar surface area (TPSA) is 89.9 Å². The van der Waals surface area contributed by atoms with Gasteiger partial charge in [-0.2, -0.15) is 17.0 Å². The van der Waals surface area contributed by atoms with Crippen molar-refractivity contribution in [2.24, 2.45) is 5.92 Å². The lowest BCUT2D eigenvalue weighted by Crippen LogP contribution is -2.61. The van der Waals surface area contributed by atoms with Gasteiger partial charge in [0.05, 0.1) is 11.8 Å². The summed E-state index contributed by atoms with van der Waals surface area (Å²) in [4.78, 5) is 10.5. The highest BCUT2D eigenvalue weighted by atomic mass is 32.2. The van der Waals surface area contributed by atoms with E-state index in [1.165, 1.54) is 8.61 Å². The summed E-state index contributed by atoms with van der Waals surface area (Å²) in [5.74, 6) is 0.632. The maximum Gasteiger partial charge on any atom is 0.281 e. The summed E-state index contributed by atoms with van der Waals surface area (Å²) in [6, 6.07) is 0. The van der Waals surface area contributed by atoms with Gasteiger partial charge >= 0.3 is 0 Å². The molecule has 0 spiro atoms. The second kappa shape index (κ2) is 6.55. The smallest absolute Gasteiger partial charge is 0.281 e. The molecule has 2 aliphatic rings. The van der Waals surface area contributed by atoms with Crippen LogP contribution in [-0.4, -0.2) is 77.5 Å². The normalized spacial score (nSPS) is 28.8. The molecule has 3 rings (SSSR count). The van der Waals surface area contributed by atoms with E-state index >= 15 is 0 Å². The van der Waals surface area contributed by atoms with Crippen LogP contribution in [0.4, 0.5) is 5.82 Å². The number of aromatic nitrogens is 2. The van der Waals surface area contributed by atoms with Crippen LogP contribution in [0.1, 0.15) is 19.8 Å². The van der Waals surface area contributed by atoms with E-state index in [1.54, 1.807) is 25.6 Å². The summed E-state index contributed by atoms with van der Waals surface area (Å²) >= 11 is 0. The van der Waals surface area contributed by atoms with Gasteiger partial charge in [0.1, 0.15) is 5.82 Å². The molecule has 0 unspecified atom stereocenters. The van der Waals surface area contributed by atoms with Crippen molar-refractivity contribution in [3.63, 3.8) is 0 Å². The third-order valence-corrected chi connectivity index (χ3v) is 7.30. The van der Waals surface area contributed by atoms with Crippen LogP contribution in [-0.2, 0) is 10.2 Å². The average molecular weight is 355 g/mol. The predicted octanol–water partition coefficient (Wildman–Crippen LogP) is -0.0638. The van der Waals surface area contributed by atoms with E-state index in [4.69, 9.17) is 0 Å². The zero-order valence-corrected chi connectivity index (χ0v) is 15.0. The molecule has 3 heterocycles. The largest absolute Gasteiger partial charge is 0.389 e. The van der Waals surface area contributed by atoms with Gasteiger partial charge in [0.2, 0.25) is 0 Å². The Morgan fingerprint density at radius 2 is 2.08 bits per heavy atom. The van der Waals surface area contributed by atoms with Crippen LogP contribution in [0.15, 0.2) is 18.6 Å². The number of anilines is 1. The first-order valence-corrected chi connectivity index (χ1v) is 9.71. The molecule has 2 aliphatic heterocycles. The Bertz CT molecular complexity index is 671. The summed E-state index contributed by atoms with van der Waals surface area (Å²) in [7, 11) is -1.88. The zero-order chi connectivity index (χ0) is 17.4. The van der Waals surface area contributed by atoms with Crippen molar-refractivity contribution in [1.82, 2.24) is 18.6 Å². The Morgan fingerprint density at radius 1 is 1.33 bits per heavy atom. The first-order chi connectivity index (χ1) is 11.4. The van der Waals surface area contributed by atoms with Gasteiger partial charge in [0.15, 0.2) is 0 Å². The first-order valence-electron chi connectivity index (χ1n) is 8.31. The Balaban J connectivity index is 1.77. The van der Waals surface area contributed by atoms with Crippen LogP contribution in [0.3, 0.4) is 0 Å². The van der Waals surface area contributed by atoms with E-state index in [-0.39, 0.29) is 5.92 Å². The Hall–Kier alpha value is -1.29. The molecule has 0 aliphatic carbocycles. The van der Waals surface area contributed by atoms with E-state index in [0.717, 1.165) is 5.82 Å². The quantitative estimate of drug-likeness (QED) is 0.814. The van der Waals surface area contributed by atoms with Crippen molar-refractivity contribution in [3.05, 3.63) is 18.6 Å². The van der Waals surface area contributed by atoms with Gasteiger partial charge in [0, 0.05) is 58.1 Å². The van der Waals surface area contributed by atoms with Gasteiger partial charge in [-0.3, -0.25) is 4.98 Å². The summed E-state index contributed by atoms with van der Waals surface area (Å²) in [5, 5.41) is 10.9. The highest BCUT2D eigenvalue weighted by molar-refractivity contribution is 7.86. The number of aliphatic hydroxyl groups is 1. The van der Waals surface area contributed by atoms with Crippen molar-refractivity contribution in [3.8, 4) is 0 Å². The predicted molar refractivity (Wildman–Crippen MR) is 90.7 cm³/mol. The molecule has 0 saturated carbocycles. The molecule has 2 fully saturated rings. The second-order valence-corrected chi connectivity index (χ2v) is 8.63. The lowest BCUT2D eigenvalue weighted by molar-refractivity contribution is -0.0695. The summed E-state index contributed by atoms with van der Waals surface area (Å²) in [6.07, 6.45) is 6.06. The van der Waals surface area contributed by atoms with Crippen LogP contribution in [0.2, 0.25) is 0 Å². The van der Waals surface area contributed by atoms with Crippen LogP contribution >= 0.6 is 0 Å². The van der Waals surface area contributed by atoms with E-state index in [2.05, 4.69) is 14.9 Å². The standard InChI is InChI=1S/C15H25N5O3S/c1-3-18(2)24(22,23)20-9-5-15(21)4-8-19(11-13(15)12-20)14-10-16-6-7-17-14/h6-7,10,13,21H,3-5,8-9,11-12H2,1-2H3/t13-,15-/m0/s1. The molecule has 0 radical (unpaired) electrons. The minimum absolute atomic E-state index is 0.137. The van der Waals surface area contributed by atoms with Crippen LogP contribution in [0, 0.1) is 5.92 Å². The van der Waals surface area contributed by atoms with Crippen molar-refractivity contribution in [2.75, 3.05) is 44.7 Å². The van der Waals surface area contributed by atoms with E-state index in [0.29, 0.717) is 45.6 Å². The first kappa shape index (κ1) is 17.5. The minimum Gasteiger partial charge on any atom is -0.389 e. The van der Waals surface area contributed by atoms with Crippen LogP contribution < -0.4 is 4.90 Å². The van der Waals surface area contributed by atoms with E-state index in [1.807, 2.05) is 6.92 Å². The van der Waals surface area contributed by atoms with Gasteiger partial charge in [-0.25, -0.2) is 4.98 Å². The summed E-state index contributed by atoms with van der Waals surface area (Å²) in [5.41, 5.74) is -0.796. The number of hydrogen-bond acceptors (Lipinski definition) is 6. The van der Waals surface area contributed by atoms with Gasteiger partial charge in [-0.1, -0.05) is 6.92 Å². The molecule has 2 saturated heterocycles. The molecule has 8 nitrogen and oxygen atoms in total. The Kier molecular flexibility index (Phi) is 4.78. The fourth-order valence-electron chi connectivity index (χ4n) is 3.50. The van der Waals surface area contributed by atoms with Crippen molar-refractivity contribution in [2.45, 2.75) is 25.4 Å². The summed E-state index contributed by atoms with van der Waals surface area (Å²) in [6.45, 7) is 4.23. The molecule has 9 heteroatoms. The zero-order valence-electron chi connectivity index (χ0n) is 14.2. The number of hydrogen-bond donors (Lipinski definition) is 1. The number of piperidine rings is 2. The lowest BCUT2D eigenvalue weighted by atomic mass is 9.76. The van der Waals surface area contributed by atoms with Crippen molar-refractivity contribution in [1.29, 1.82) is 0 Å². The van der Waals surface area contributed by atoms with E-state index in [9.17, 15) is 13.5 Å². The van der Waals surface area contributed by atoms with E-state index < -0.39 is 15.8 Å². The Labute approximate surface area is 143 Å². The molecule has 24 heavy (non-hydrogen) atoms. The monoisotopic (exact) mass is 355 g/mol. The number of fused-ring (bicyclic) bond motifs is 1. The van der Waals surface area contributed by atoms with Crippen LogP contribution in [0.5, 0.6) is 0 Å². The fourth-order valence-corrected chi connectivity index (χ4v) is 4.92. The third-order valence-electron chi connectivity index (χ3n) is 5.27. The minimum atomic E-state index is -3.46. The molecule has 0 bridgehead atoms. The molecular formula is C15H25N5O3S. The second-order valence-electron chi connectivity index (χ2n) is 6.59. The van der Waals surface area contributed by atoms with Crippen LogP contribution in [0.25, 0.3) is 0 Å². The molecule has 1 aromatic rings. The van der Waals surface area contributed by atoms with Crippen molar-refractivity contribution < 1.29 is 13.5 Å². The van der Waals surface area contributed by atoms with Gasteiger partial charge in [-0.15, -0.1) is 0 Å². The highest BCUT2D eigenvalue weighted by Crippen LogP contribution is 2.37. The maximum atomic E-state index is 12.6. The molecule has 134 valence electrons. The average Bonchev–Trinajstić information content (AvgIpc) is 2.60.